The van der Waals surface area contributed by atoms with Gasteiger partial charge in [-0.25, -0.2) is 8.42 Å². The maximum absolute atomic E-state index is 13.0. The molecule has 0 aromatic carbocycles. The number of amides is 1. The molecule has 0 saturated carbocycles. The summed E-state index contributed by atoms with van der Waals surface area (Å²) in [6.07, 6.45) is 1.32. The number of carbonyl (C=O) groups excluding carboxylic acids is 1. The SMILES string of the molecule is O=C([C@@H]1CCS(=O)(=O)C1)N1CCc2sccc2[C@@H]1c1cccs1. The van der Waals surface area contributed by atoms with Crippen molar-refractivity contribution in [3.63, 3.8) is 0 Å². The van der Waals surface area contributed by atoms with E-state index in [1.165, 1.54) is 10.4 Å². The van der Waals surface area contributed by atoms with Crippen molar-refractivity contribution < 1.29 is 13.2 Å². The molecule has 7 heteroatoms. The van der Waals surface area contributed by atoms with Crippen molar-refractivity contribution >= 4 is 38.4 Å². The van der Waals surface area contributed by atoms with Crippen LogP contribution in [0.25, 0.3) is 0 Å². The van der Waals surface area contributed by atoms with Crippen LogP contribution in [-0.4, -0.2) is 37.3 Å². The summed E-state index contributed by atoms with van der Waals surface area (Å²) in [6.45, 7) is 0.672. The third-order valence-corrected chi connectivity index (χ3v) is 8.33. The Morgan fingerprint density at radius 1 is 1.22 bits per heavy atom. The van der Waals surface area contributed by atoms with Crippen LogP contribution in [0.3, 0.4) is 0 Å². The van der Waals surface area contributed by atoms with Crippen LogP contribution >= 0.6 is 22.7 Å². The minimum Gasteiger partial charge on any atom is -0.330 e. The molecule has 0 N–H and O–H groups in total. The van der Waals surface area contributed by atoms with Crippen molar-refractivity contribution in [2.24, 2.45) is 5.92 Å². The van der Waals surface area contributed by atoms with Crippen molar-refractivity contribution in [1.29, 1.82) is 0 Å². The van der Waals surface area contributed by atoms with E-state index in [1.807, 2.05) is 16.3 Å². The highest BCUT2D eigenvalue weighted by Crippen LogP contribution is 2.40. The number of hydrogen-bond donors (Lipinski definition) is 0. The van der Waals surface area contributed by atoms with Gasteiger partial charge in [-0.15, -0.1) is 22.7 Å². The smallest absolute Gasteiger partial charge is 0.227 e. The highest BCUT2D eigenvalue weighted by molar-refractivity contribution is 7.91. The molecule has 0 aliphatic carbocycles. The van der Waals surface area contributed by atoms with Crippen molar-refractivity contribution in [1.82, 2.24) is 4.90 Å². The van der Waals surface area contributed by atoms with Crippen molar-refractivity contribution in [2.75, 3.05) is 18.1 Å². The lowest BCUT2D eigenvalue weighted by atomic mass is 9.96. The quantitative estimate of drug-likeness (QED) is 0.820. The Morgan fingerprint density at radius 3 is 2.78 bits per heavy atom. The summed E-state index contributed by atoms with van der Waals surface area (Å²) in [7, 11) is -3.04. The van der Waals surface area contributed by atoms with E-state index in [0.29, 0.717) is 13.0 Å². The summed E-state index contributed by atoms with van der Waals surface area (Å²) >= 11 is 3.40. The van der Waals surface area contributed by atoms with Crippen LogP contribution in [-0.2, 0) is 21.1 Å². The van der Waals surface area contributed by atoms with Crippen LogP contribution in [0, 0.1) is 5.92 Å². The van der Waals surface area contributed by atoms with Gasteiger partial charge in [-0.05, 0) is 41.3 Å². The molecule has 4 rings (SSSR count). The van der Waals surface area contributed by atoms with Gasteiger partial charge in [-0.2, -0.15) is 0 Å². The Bertz CT molecular complexity index is 823. The first kappa shape index (κ1) is 15.4. The average molecular weight is 368 g/mol. The van der Waals surface area contributed by atoms with E-state index in [4.69, 9.17) is 0 Å². The first-order chi connectivity index (χ1) is 11.1. The number of thiophene rings is 2. The zero-order valence-electron chi connectivity index (χ0n) is 12.5. The second kappa shape index (κ2) is 5.72. The summed E-state index contributed by atoms with van der Waals surface area (Å²) in [5, 5.41) is 4.11. The van der Waals surface area contributed by atoms with E-state index in [-0.39, 0.29) is 29.4 Å². The molecule has 0 bridgehead atoms. The van der Waals surface area contributed by atoms with Crippen LogP contribution < -0.4 is 0 Å². The first-order valence-corrected chi connectivity index (χ1v) is 11.2. The van der Waals surface area contributed by atoms with Gasteiger partial charge in [-0.3, -0.25) is 4.79 Å². The van der Waals surface area contributed by atoms with Gasteiger partial charge in [0, 0.05) is 16.3 Å². The fraction of sp³-hybridized carbons (Fsp3) is 0.438. The minimum atomic E-state index is -3.04. The van der Waals surface area contributed by atoms with E-state index >= 15 is 0 Å². The average Bonchev–Trinajstić information content (AvgIpc) is 3.25. The summed E-state index contributed by atoms with van der Waals surface area (Å²) < 4.78 is 23.5. The van der Waals surface area contributed by atoms with Gasteiger partial charge < -0.3 is 4.90 Å². The number of sulfone groups is 1. The van der Waals surface area contributed by atoms with E-state index in [9.17, 15) is 13.2 Å². The highest BCUT2D eigenvalue weighted by atomic mass is 32.2. The molecule has 2 aromatic heterocycles. The molecule has 0 radical (unpaired) electrons. The van der Waals surface area contributed by atoms with Crippen LogP contribution in [0.4, 0.5) is 0 Å². The summed E-state index contributed by atoms with van der Waals surface area (Å²) in [5.74, 6) is -0.218. The molecule has 122 valence electrons. The molecule has 1 amide bonds. The van der Waals surface area contributed by atoms with Gasteiger partial charge in [0.15, 0.2) is 9.84 Å². The molecule has 1 fully saturated rings. The number of nitrogens with zero attached hydrogens (tertiary/aromatic N) is 1. The normalized spacial score (nSPS) is 26.2. The Morgan fingerprint density at radius 2 is 2.09 bits per heavy atom. The summed E-state index contributed by atoms with van der Waals surface area (Å²) in [6, 6.07) is 6.12. The highest BCUT2D eigenvalue weighted by Gasteiger charge is 2.40. The minimum absolute atomic E-state index is 0.00123. The van der Waals surface area contributed by atoms with Gasteiger partial charge in [0.05, 0.1) is 23.5 Å². The largest absolute Gasteiger partial charge is 0.330 e. The lowest BCUT2D eigenvalue weighted by Gasteiger charge is -2.36. The second-order valence-electron chi connectivity index (χ2n) is 6.10. The molecular weight excluding hydrogens is 350 g/mol. The van der Waals surface area contributed by atoms with E-state index in [2.05, 4.69) is 17.5 Å². The fourth-order valence-corrected chi connectivity index (χ4v) is 7.02. The summed E-state index contributed by atoms with van der Waals surface area (Å²) in [5.41, 5.74) is 1.21. The third-order valence-electron chi connectivity index (χ3n) is 4.64. The molecule has 0 spiro atoms. The topological polar surface area (TPSA) is 54.5 Å². The number of fused-ring (bicyclic) bond motifs is 1. The number of hydrogen-bond acceptors (Lipinski definition) is 5. The fourth-order valence-electron chi connectivity index (χ4n) is 3.53. The molecule has 0 unspecified atom stereocenters. The second-order valence-corrected chi connectivity index (χ2v) is 10.3. The van der Waals surface area contributed by atoms with Crippen molar-refractivity contribution in [3.05, 3.63) is 44.3 Å². The van der Waals surface area contributed by atoms with Crippen molar-refractivity contribution in [3.8, 4) is 0 Å². The van der Waals surface area contributed by atoms with Gasteiger partial charge >= 0.3 is 0 Å². The Balaban J connectivity index is 1.69. The molecule has 4 nitrogen and oxygen atoms in total. The maximum Gasteiger partial charge on any atom is 0.227 e. The molecule has 23 heavy (non-hydrogen) atoms. The van der Waals surface area contributed by atoms with Gasteiger partial charge in [0.2, 0.25) is 5.91 Å². The van der Waals surface area contributed by atoms with E-state index in [1.54, 1.807) is 22.7 Å². The molecule has 2 aliphatic rings. The third kappa shape index (κ3) is 2.75. The number of rotatable bonds is 2. The molecule has 2 atom stereocenters. The van der Waals surface area contributed by atoms with Crippen molar-refractivity contribution in [2.45, 2.75) is 18.9 Å². The molecule has 1 saturated heterocycles. The maximum atomic E-state index is 13.0. The molecule has 4 heterocycles. The Hall–Kier alpha value is -1.18. The lowest BCUT2D eigenvalue weighted by Crippen LogP contribution is -2.43. The van der Waals surface area contributed by atoms with Crippen LogP contribution in [0.2, 0.25) is 0 Å². The lowest BCUT2D eigenvalue weighted by molar-refractivity contribution is -0.136. The molecule has 2 aliphatic heterocycles. The zero-order chi connectivity index (χ0) is 16.0. The Kier molecular flexibility index (Phi) is 3.82. The Labute approximate surface area is 143 Å². The number of carbonyl (C=O) groups is 1. The van der Waals surface area contributed by atoms with Gasteiger partial charge in [0.25, 0.3) is 0 Å². The predicted octanol–water partition coefficient (Wildman–Crippen LogP) is 2.72. The molecular formula is C16H17NO3S3. The van der Waals surface area contributed by atoms with Crippen LogP contribution in [0.1, 0.15) is 27.8 Å². The van der Waals surface area contributed by atoms with Gasteiger partial charge in [0.1, 0.15) is 0 Å². The van der Waals surface area contributed by atoms with Crippen LogP contribution in [0.15, 0.2) is 29.0 Å². The van der Waals surface area contributed by atoms with E-state index in [0.717, 1.165) is 11.3 Å². The monoisotopic (exact) mass is 367 g/mol. The first-order valence-electron chi connectivity index (χ1n) is 7.66. The predicted molar refractivity (Wildman–Crippen MR) is 92.7 cm³/mol. The van der Waals surface area contributed by atoms with Crippen LogP contribution in [0.5, 0.6) is 0 Å². The zero-order valence-corrected chi connectivity index (χ0v) is 14.9. The standard InChI is InChI=1S/C16H17NO3S3/c18-16(11-5-9-23(19,20)10-11)17-6-3-13-12(4-8-22-13)15(17)14-2-1-7-21-14/h1-2,4,7-8,11,15H,3,5-6,9-10H2/t11-,15-/m1/s1. The van der Waals surface area contributed by atoms with Gasteiger partial charge in [-0.1, -0.05) is 6.07 Å². The summed E-state index contributed by atoms with van der Waals surface area (Å²) in [4.78, 5) is 17.4. The van der Waals surface area contributed by atoms with E-state index < -0.39 is 9.84 Å². The molecule has 2 aromatic rings.